The van der Waals surface area contributed by atoms with Gasteiger partial charge < -0.3 is 0 Å². The van der Waals surface area contributed by atoms with E-state index in [1.54, 1.807) is 0 Å². The fourth-order valence-corrected chi connectivity index (χ4v) is 2.73. The van der Waals surface area contributed by atoms with E-state index in [1.807, 2.05) is 52.0 Å². The molecule has 0 aliphatic heterocycles. The van der Waals surface area contributed by atoms with Crippen LogP contribution in [0.5, 0.6) is 0 Å². The molecule has 0 amide bonds. The molecule has 17 heavy (non-hydrogen) atoms. The second-order valence-electron chi connectivity index (χ2n) is 5.22. The number of hydrogen-bond acceptors (Lipinski definition) is 2. The van der Waals surface area contributed by atoms with Gasteiger partial charge in [0.15, 0.2) is 0 Å². The van der Waals surface area contributed by atoms with Gasteiger partial charge in [0.25, 0.3) is 0 Å². The molecule has 0 heterocycles. The summed E-state index contributed by atoms with van der Waals surface area (Å²) in [5, 5.41) is 9.04. The van der Waals surface area contributed by atoms with Crippen molar-refractivity contribution >= 4 is 10.8 Å². The Morgan fingerprint density at radius 2 is 1.94 bits per heavy atom. The molecular formula is C14H19NOS. The average Bonchev–Trinajstić information content (AvgIpc) is 2.27. The lowest BCUT2D eigenvalue weighted by atomic mass is 9.98. The Morgan fingerprint density at radius 1 is 1.35 bits per heavy atom. The van der Waals surface area contributed by atoms with Crippen molar-refractivity contribution in [3.05, 3.63) is 35.4 Å². The van der Waals surface area contributed by atoms with Gasteiger partial charge in [0.2, 0.25) is 0 Å². The molecule has 0 bridgehead atoms. The zero-order valence-electron chi connectivity index (χ0n) is 10.9. The first-order valence-corrected chi connectivity index (χ1v) is 7.05. The highest BCUT2D eigenvalue weighted by atomic mass is 32.2. The molecule has 0 aromatic heterocycles. The molecule has 1 unspecified atom stereocenters. The Kier molecular flexibility index (Phi) is 4.47. The van der Waals surface area contributed by atoms with Gasteiger partial charge in [0.1, 0.15) is 0 Å². The molecule has 0 saturated heterocycles. The third kappa shape index (κ3) is 3.67. The van der Waals surface area contributed by atoms with Gasteiger partial charge in [-0.05, 0) is 38.3 Å². The Morgan fingerprint density at radius 3 is 2.47 bits per heavy atom. The molecule has 0 N–H and O–H groups in total. The van der Waals surface area contributed by atoms with Crippen LogP contribution >= 0.6 is 0 Å². The Hall–Kier alpha value is -1.14. The van der Waals surface area contributed by atoms with Crippen LogP contribution in [0, 0.1) is 11.3 Å². The summed E-state index contributed by atoms with van der Waals surface area (Å²) < 4.78 is 11.9. The first-order chi connectivity index (χ1) is 7.86. The highest BCUT2D eigenvalue weighted by Gasteiger charge is 2.22. The van der Waals surface area contributed by atoms with Crippen molar-refractivity contribution in [1.29, 1.82) is 5.26 Å². The van der Waals surface area contributed by atoms with E-state index >= 15 is 0 Å². The van der Waals surface area contributed by atoms with E-state index in [0.717, 1.165) is 5.56 Å². The lowest BCUT2D eigenvalue weighted by Crippen LogP contribution is -2.26. The predicted octanol–water partition coefficient (Wildman–Crippen LogP) is 3.21. The summed E-state index contributed by atoms with van der Waals surface area (Å²) in [6, 6.07) is 9.73. The number of nitriles is 1. The van der Waals surface area contributed by atoms with Gasteiger partial charge in [-0.2, -0.15) is 5.26 Å². The van der Waals surface area contributed by atoms with Gasteiger partial charge in [-0.15, -0.1) is 0 Å². The molecular weight excluding hydrogens is 230 g/mol. The standard InChI is InChI=1S/C14H19NOS/c1-11(10-17(16)14(2,3)4)13-8-6-5-7-12(13)9-15/h5-8,11H,10H2,1-4H3/t11?,17-/m1/s1. The summed E-state index contributed by atoms with van der Waals surface area (Å²) in [6.07, 6.45) is 0. The number of benzene rings is 1. The fourth-order valence-electron chi connectivity index (χ4n) is 1.60. The molecule has 0 aliphatic carbocycles. The molecule has 1 rings (SSSR count). The van der Waals surface area contributed by atoms with Gasteiger partial charge in [-0.3, -0.25) is 4.21 Å². The summed E-state index contributed by atoms with van der Waals surface area (Å²) in [5.74, 6) is 0.744. The van der Waals surface area contributed by atoms with Gasteiger partial charge in [0.05, 0.1) is 11.6 Å². The second-order valence-corrected chi connectivity index (χ2v) is 7.47. The molecule has 2 atom stereocenters. The van der Waals surface area contributed by atoms with E-state index in [4.69, 9.17) is 5.26 Å². The van der Waals surface area contributed by atoms with Crippen LogP contribution in [0.3, 0.4) is 0 Å². The molecule has 1 aromatic carbocycles. The largest absolute Gasteiger partial charge is 0.259 e. The van der Waals surface area contributed by atoms with Gasteiger partial charge in [-0.1, -0.05) is 25.1 Å². The minimum absolute atomic E-state index is 0.144. The fraction of sp³-hybridized carbons (Fsp3) is 0.500. The average molecular weight is 249 g/mol. The first-order valence-electron chi connectivity index (χ1n) is 5.73. The van der Waals surface area contributed by atoms with Crippen molar-refractivity contribution in [1.82, 2.24) is 0 Å². The molecule has 0 spiro atoms. The summed E-state index contributed by atoms with van der Waals surface area (Å²) in [6.45, 7) is 7.96. The highest BCUT2D eigenvalue weighted by Crippen LogP contribution is 2.23. The summed E-state index contributed by atoms with van der Waals surface area (Å²) in [7, 11) is -0.888. The third-order valence-corrected chi connectivity index (χ3v) is 4.87. The smallest absolute Gasteiger partial charge is 0.0994 e. The molecule has 92 valence electrons. The SMILES string of the molecule is CC(C[S@@](=O)C(C)(C)C)c1ccccc1C#N. The Bertz CT molecular complexity index is 454. The predicted molar refractivity (Wildman–Crippen MR) is 72.3 cm³/mol. The van der Waals surface area contributed by atoms with Gasteiger partial charge >= 0.3 is 0 Å². The molecule has 1 aromatic rings. The maximum atomic E-state index is 12.1. The molecule has 0 aliphatic rings. The number of rotatable bonds is 3. The summed E-state index contributed by atoms with van der Waals surface area (Å²) in [5.41, 5.74) is 1.68. The highest BCUT2D eigenvalue weighted by molar-refractivity contribution is 7.86. The molecule has 0 saturated carbocycles. The van der Waals surface area contributed by atoms with Gasteiger partial charge in [-0.25, -0.2) is 0 Å². The minimum atomic E-state index is -0.888. The van der Waals surface area contributed by atoms with Crippen LogP contribution in [0.1, 0.15) is 44.7 Å². The van der Waals surface area contributed by atoms with Gasteiger partial charge in [0, 0.05) is 21.3 Å². The zero-order valence-corrected chi connectivity index (χ0v) is 11.7. The number of nitrogens with zero attached hydrogens (tertiary/aromatic N) is 1. The van der Waals surface area contributed by atoms with Crippen molar-refractivity contribution in [2.75, 3.05) is 5.75 Å². The van der Waals surface area contributed by atoms with E-state index in [0.29, 0.717) is 11.3 Å². The van der Waals surface area contributed by atoms with Crippen LogP contribution in [-0.2, 0) is 10.8 Å². The van der Waals surface area contributed by atoms with Crippen molar-refractivity contribution < 1.29 is 4.21 Å². The summed E-state index contributed by atoms with van der Waals surface area (Å²) >= 11 is 0. The van der Waals surface area contributed by atoms with Crippen LogP contribution < -0.4 is 0 Å². The number of hydrogen-bond donors (Lipinski definition) is 0. The topological polar surface area (TPSA) is 40.9 Å². The van der Waals surface area contributed by atoms with Crippen LogP contribution in [0.15, 0.2) is 24.3 Å². The minimum Gasteiger partial charge on any atom is -0.259 e. The van der Waals surface area contributed by atoms with E-state index in [9.17, 15) is 4.21 Å². The van der Waals surface area contributed by atoms with Crippen LogP contribution in [0.4, 0.5) is 0 Å². The normalized spacial score (nSPS) is 15.0. The van der Waals surface area contributed by atoms with Crippen molar-refractivity contribution in [3.8, 4) is 6.07 Å². The molecule has 0 radical (unpaired) electrons. The molecule has 2 nitrogen and oxygen atoms in total. The van der Waals surface area contributed by atoms with Crippen LogP contribution in [-0.4, -0.2) is 14.7 Å². The summed E-state index contributed by atoms with van der Waals surface area (Å²) in [4.78, 5) is 0. The van der Waals surface area contributed by atoms with E-state index in [2.05, 4.69) is 6.07 Å². The van der Waals surface area contributed by atoms with E-state index < -0.39 is 10.8 Å². The monoisotopic (exact) mass is 249 g/mol. The maximum absolute atomic E-state index is 12.1. The van der Waals surface area contributed by atoms with Crippen molar-refractivity contribution in [2.45, 2.75) is 38.4 Å². The third-order valence-electron chi connectivity index (χ3n) is 2.70. The Balaban J connectivity index is 2.88. The lowest BCUT2D eigenvalue weighted by molar-refractivity contribution is 0.642. The van der Waals surface area contributed by atoms with Crippen molar-refractivity contribution in [3.63, 3.8) is 0 Å². The lowest BCUT2D eigenvalue weighted by Gasteiger charge is -2.21. The first kappa shape index (κ1) is 13.9. The quantitative estimate of drug-likeness (QED) is 0.825. The van der Waals surface area contributed by atoms with E-state index in [1.165, 1.54) is 0 Å². The molecule has 0 fully saturated rings. The molecule has 3 heteroatoms. The van der Waals surface area contributed by atoms with E-state index in [-0.39, 0.29) is 10.7 Å². The maximum Gasteiger partial charge on any atom is 0.0994 e. The van der Waals surface area contributed by atoms with Crippen LogP contribution in [0.2, 0.25) is 0 Å². The zero-order chi connectivity index (χ0) is 13.1. The van der Waals surface area contributed by atoms with Crippen molar-refractivity contribution in [2.24, 2.45) is 0 Å². The second kappa shape index (κ2) is 5.46. The Labute approximate surface area is 106 Å². The van der Waals surface area contributed by atoms with Crippen LogP contribution in [0.25, 0.3) is 0 Å².